The molecule has 13 heavy (non-hydrogen) atoms. The standard InChI is InChI=1S/C8H14N4O/c1-6-7(5-12(2)11-6)3-10-4-8(9)13/h5,10H,3-4H2,1-2H3,(H2,9,13). The average Bonchev–Trinajstić information content (AvgIpc) is 2.29. The summed E-state index contributed by atoms with van der Waals surface area (Å²) in [7, 11) is 1.87. The van der Waals surface area contributed by atoms with Gasteiger partial charge in [0.1, 0.15) is 0 Å². The molecule has 0 unspecified atom stereocenters. The van der Waals surface area contributed by atoms with Crippen molar-refractivity contribution in [3.05, 3.63) is 17.5 Å². The van der Waals surface area contributed by atoms with E-state index in [9.17, 15) is 4.79 Å². The molecule has 0 fully saturated rings. The second-order valence-corrected chi connectivity index (χ2v) is 2.98. The molecular weight excluding hydrogens is 168 g/mol. The second-order valence-electron chi connectivity index (χ2n) is 2.98. The summed E-state index contributed by atoms with van der Waals surface area (Å²) in [6.07, 6.45) is 1.92. The van der Waals surface area contributed by atoms with Gasteiger partial charge >= 0.3 is 0 Å². The summed E-state index contributed by atoms with van der Waals surface area (Å²) >= 11 is 0. The van der Waals surface area contributed by atoms with Gasteiger partial charge in [0, 0.05) is 25.4 Å². The number of aryl methyl sites for hydroxylation is 2. The maximum absolute atomic E-state index is 10.4. The smallest absolute Gasteiger partial charge is 0.231 e. The lowest BCUT2D eigenvalue weighted by Gasteiger charge is -1.99. The molecule has 0 aromatic carbocycles. The normalized spacial score (nSPS) is 10.3. The Morgan fingerprint density at radius 2 is 2.46 bits per heavy atom. The highest BCUT2D eigenvalue weighted by Crippen LogP contribution is 2.02. The van der Waals surface area contributed by atoms with Crippen LogP contribution in [0.3, 0.4) is 0 Å². The lowest BCUT2D eigenvalue weighted by Crippen LogP contribution is -2.28. The lowest BCUT2D eigenvalue weighted by molar-refractivity contribution is -0.117. The first-order chi connectivity index (χ1) is 6.09. The molecular formula is C8H14N4O. The third-order valence-corrected chi connectivity index (χ3v) is 1.73. The Kier molecular flexibility index (Phi) is 3.02. The molecule has 1 amide bonds. The summed E-state index contributed by atoms with van der Waals surface area (Å²) in [5.74, 6) is -0.346. The molecule has 3 N–H and O–H groups in total. The minimum Gasteiger partial charge on any atom is -0.369 e. The molecule has 0 radical (unpaired) electrons. The fourth-order valence-electron chi connectivity index (χ4n) is 1.14. The largest absolute Gasteiger partial charge is 0.369 e. The van der Waals surface area contributed by atoms with E-state index in [1.54, 1.807) is 4.68 Å². The van der Waals surface area contributed by atoms with E-state index in [4.69, 9.17) is 5.73 Å². The van der Waals surface area contributed by atoms with Crippen molar-refractivity contribution in [2.45, 2.75) is 13.5 Å². The van der Waals surface area contributed by atoms with Crippen molar-refractivity contribution < 1.29 is 4.79 Å². The van der Waals surface area contributed by atoms with Crippen molar-refractivity contribution in [2.75, 3.05) is 6.54 Å². The quantitative estimate of drug-likeness (QED) is 0.647. The Morgan fingerprint density at radius 3 is 2.92 bits per heavy atom. The number of amides is 1. The summed E-state index contributed by atoms with van der Waals surface area (Å²) in [5, 5.41) is 7.10. The molecule has 1 heterocycles. The highest BCUT2D eigenvalue weighted by atomic mass is 16.1. The number of aromatic nitrogens is 2. The van der Waals surface area contributed by atoms with Crippen molar-refractivity contribution >= 4 is 5.91 Å². The third kappa shape index (κ3) is 2.87. The summed E-state index contributed by atoms with van der Waals surface area (Å²) in [5.41, 5.74) is 7.04. The number of primary amides is 1. The number of nitrogens with two attached hydrogens (primary N) is 1. The summed E-state index contributed by atoms with van der Waals surface area (Å²) in [4.78, 5) is 10.4. The van der Waals surface area contributed by atoms with Crippen LogP contribution >= 0.6 is 0 Å². The molecule has 1 rings (SSSR count). The lowest BCUT2D eigenvalue weighted by atomic mass is 10.2. The summed E-state index contributed by atoms with van der Waals surface area (Å²) in [6, 6.07) is 0. The highest BCUT2D eigenvalue weighted by molar-refractivity contribution is 5.75. The van der Waals surface area contributed by atoms with Crippen LogP contribution in [0.15, 0.2) is 6.20 Å². The van der Waals surface area contributed by atoms with Crippen LogP contribution in [0.4, 0.5) is 0 Å². The van der Waals surface area contributed by atoms with Crippen molar-refractivity contribution in [3.8, 4) is 0 Å². The van der Waals surface area contributed by atoms with Gasteiger partial charge in [-0.2, -0.15) is 5.10 Å². The Bertz CT molecular complexity index is 305. The number of hydrogen-bond acceptors (Lipinski definition) is 3. The van der Waals surface area contributed by atoms with Crippen LogP contribution in [-0.4, -0.2) is 22.2 Å². The Balaban J connectivity index is 2.45. The van der Waals surface area contributed by atoms with Crippen molar-refractivity contribution in [3.63, 3.8) is 0 Å². The molecule has 1 aromatic rings. The van der Waals surface area contributed by atoms with E-state index >= 15 is 0 Å². The van der Waals surface area contributed by atoms with Gasteiger partial charge in [-0.15, -0.1) is 0 Å². The molecule has 0 atom stereocenters. The summed E-state index contributed by atoms with van der Waals surface area (Å²) < 4.78 is 1.75. The fourth-order valence-corrected chi connectivity index (χ4v) is 1.14. The molecule has 0 saturated carbocycles. The maximum Gasteiger partial charge on any atom is 0.231 e. The van der Waals surface area contributed by atoms with Crippen molar-refractivity contribution in [1.29, 1.82) is 0 Å². The number of carbonyl (C=O) groups excluding carboxylic acids is 1. The van der Waals surface area contributed by atoms with Gasteiger partial charge in [0.2, 0.25) is 5.91 Å². The molecule has 0 spiro atoms. The number of hydrogen-bond donors (Lipinski definition) is 2. The van der Waals surface area contributed by atoms with Crippen LogP contribution in [0.5, 0.6) is 0 Å². The number of nitrogens with zero attached hydrogens (tertiary/aromatic N) is 2. The van der Waals surface area contributed by atoms with Crippen LogP contribution in [0, 0.1) is 6.92 Å². The van der Waals surface area contributed by atoms with Gasteiger partial charge in [-0.25, -0.2) is 0 Å². The zero-order valence-corrected chi connectivity index (χ0v) is 7.87. The predicted molar refractivity (Wildman–Crippen MR) is 48.8 cm³/mol. The van der Waals surface area contributed by atoms with Gasteiger partial charge in [-0.05, 0) is 6.92 Å². The van der Waals surface area contributed by atoms with Crippen LogP contribution in [0.1, 0.15) is 11.3 Å². The molecule has 72 valence electrons. The van der Waals surface area contributed by atoms with Gasteiger partial charge in [-0.3, -0.25) is 9.48 Å². The zero-order chi connectivity index (χ0) is 9.84. The molecule has 0 aliphatic carbocycles. The molecule has 1 aromatic heterocycles. The van der Waals surface area contributed by atoms with Gasteiger partial charge < -0.3 is 11.1 Å². The molecule has 5 nitrogen and oxygen atoms in total. The monoisotopic (exact) mass is 182 g/mol. The first kappa shape index (κ1) is 9.73. The highest BCUT2D eigenvalue weighted by Gasteiger charge is 2.02. The van der Waals surface area contributed by atoms with Crippen LogP contribution < -0.4 is 11.1 Å². The minimum atomic E-state index is -0.346. The third-order valence-electron chi connectivity index (χ3n) is 1.73. The van der Waals surface area contributed by atoms with Crippen molar-refractivity contribution in [1.82, 2.24) is 15.1 Å². The topological polar surface area (TPSA) is 72.9 Å². The van der Waals surface area contributed by atoms with Gasteiger partial charge in [-0.1, -0.05) is 0 Å². The predicted octanol–water partition coefficient (Wildman–Crippen LogP) is -0.697. The van der Waals surface area contributed by atoms with Crippen LogP contribution in [-0.2, 0) is 18.4 Å². The Labute approximate surface area is 76.9 Å². The Morgan fingerprint density at radius 1 is 1.77 bits per heavy atom. The van der Waals surface area contributed by atoms with E-state index in [2.05, 4.69) is 10.4 Å². The molecule has 0 aliphatic rings. The number of rotatable bonds is 4. The van der Waals surface area contributed by atoms with E-state index in [-0.39, 0.29) is 12.5 Å². The molecule has 0 bridgehead atoms. The fraction of sp³-hybridized carbons (Fsp3) is 0.500. The van der Waals surface area contributed by atoms with E-state index in [1.165, 1.54) is 0 Å². The number of nitrogens with one attached hydrogen (secondary N) is 1. The second kappa shape index (κ2) is 4.04. The summed E-state index contributed by atoms with van der Waals surface area (Å²) in [6.45, 7) is 2.76. The van der Waals surface area contributed by atoms with Gasteiger partial charge in [0.15, 0.2) is 0 Å². The van der Waals surface area contributed by atoms with Crippen molar-refractivity contribution in [2.24, 2.45) is 12.8 Å². The minimum absolute atomic E-state index is 0.203. The molecule has 0 aliphatic heterocycles. The van der Waals surface area contributed by atoms with E-state index < -0.39 is 0 Å². The Hall–Kier alpha value is -1.36. The van der Waals surface area contributed by atoms with Gasteiger partial charge in [0.25, 0.3) is 0 Å². The number of carbonyl (C=O) groups is 1. The van der Waals surface area contributed by atoms with E-state index in [0.29, 0.717) is 6.54 Å². The first-order valence-corrected chi connectivity index (χ1v) is 4.07. The SMILES string of the molecule is Cc1nn(C)cc1CNCC(N)=O. The average molecular weight is 182 g/mol. The van der Waals surface area contributed by atoms with E-state index in [0.717, 1.165) is 11.3 Å². The van der Waals surface area contributed by atoms with Crippen LogP contribution in [0.2, 0.25) is 0 Å². The van der Waals surface area contributed by atoms with E-state index in [1.807, 2.05) is 20.2 Å². The molecule has 0 saturated heterocycles. The van der Waals surface area contributed by atoms with Crippen LogP contribution in [0.25, 0.3) is 0 Å². The zero-order valence-electron chi connectivity index (χ0n) is 7.87. The van der Waals surface area contributed by atoms with Gasteiger partial charge in [0.05, 0.1) is 12.2 Å². The molecule has 5 heteroatoms. The first-order valence-electron chi connectivity index (χ1n) is 4.07. The maximum atomic E-state index is 10.4.